The summed E-state index contributed by atoms with van der Waals surface area (Å²) in [6, 6.07) is 12.8. The second-order valence-corrected chi connectivity index (χ2v) is 19.2. The molecule has 5 aliphatic heterocycles. The number of hydrogen-bond acceptors (Lipinski definition) is 15. The molecule has 3 atom stereocenters. The van der Waals surface area contributed by atoms with E-state index in [4.69, 9.17) is 23.9 Å². The number of anilines is 3. The normalized spacial score (nSPS) is 22.6. The summed E-state index contributed by atoms with van der Waals surface area (Å²) in [6.45, 7) is 6.27. The summed E-state index contributed by atoms with van der Waals surface area (Å²) in [5.74, 6) is -1.46. The number of carbonyl (C=O) groups excluding carboxylic acids is 4. The maximum absolute atomic E-state index is 14.3. The van der Waals surface area contributed by atoms with Gasteiger partial charge >= 0.3 is 0 Å². The van der Waals surface area contributed by atoms with Gasteiger partial charge in [0.05, 0.1) is 44.7 Å². The second kappa shape index (κ2) is 16.2. The maximum Gasteiger partial charge on any atom is 0.262 e. The van der Waals surface area contributed by atoms with Crippen LogP contribution in [0.4, 0.5) is 17.2 Å². The fraction of sp³-hybridized carbons (Fsp3) is 0.422. The van der Waals surface area contributed by atoms with Gasteiger partial charge in [0.15, 0.2) is 22.0 Å². The lowest BCUT2D eigenvalue weighted by Crippen LogP contribution is -2.56. The number of amides is 4. The van der Waals surface area contributed by atoms with Crippen molar-refractivity contribution in [3.8, 4) is 17.2 Å². The summed E-state index contributed by atoms with van der Waals surface area (Å²) in [5, 5.41) is 14.3. The van der Waals surface area contributed by atoms with E-state index in [1.165, 1.54) is 21.3 Å². The first kappa shape index (κ1) is 42.4. The molecular weight excluding hydrogens is 859 g/mol. The van der Waals surface area contributed by atoms with Crippen LogP contribution in [0.5, 0.6) is 17.2 Å². The quantitative estimate of drug-likeness (QED) is 0.177. The van der Waals surface area contributed by atoms with Gasteiger partial charge in [-0.2, -0.15) is 5.10 Å². The van der Waals surface area contributed by atoms with E-state index in [9.17, 15) is 27.6 Å². The molecule has 0 radical (unpaired) electrons. The highest BCUT2D eigenvalue weighted by Crippen LogP contribution is 2.47. The van der Waals surface area contributed by atoms with E-state index < -0.39 is 39.7 Å². The number of methoxy groups -OCH3 is 3. The van der Waals surface area contributed by atoms with Crippen LogP contribution in [-0.2, 0) is 26.2 Å². The monoisotopic (exact) mass is 907 g/mol. The molecule has 5 aliphatic rings. The van der Waals surface area contributed by atoms with Gasteiger partial charge in [-0.15, -0.1) is 0 Å². The van der Waals surface area contributed by atoms with Gasteiger partial charge in [-0.05, 0) is 92.2 Å². The molecule has 0 aliphatic carbocycles. The molecule has 10 rings (SSSR count). The van der Waals surface area contributed by atoms with Gasteiger partial charge in [0.2, 0.25) is 15.9 Å². The summed E-state index contributed by atoms with van der Waals surface area (Å²) in [5.41, 5.74) is 3.08. The summed E-state index contributed by atoms with van der Waals surface area (Å²) in [7, 11) is 0.192. The minimum Gasteiger partial charge on any atom is -0.496 e. The molecule has 2 aromatic heterocycles. The van der Waals surface area contributed by atoms with Crippen molar-refractivity contribution < 1.29 is 46.3 Å². The predicted molar refractivity (Wildman–Crippen MR) is 236 cm³/mol. The SMILES string of the molecule is COc1ccc(N2CCC3(CCN(C[C@@H]4CCN(c5ccc6c(c5)C(=O)N([C@H]5CCC(=O)N(c7noc8cc(Cn9cccn9)cc(OC)c78)C5=O)C6=O)C4)C3)C2)c(OC)c1S(N)(=O)=O. The lowest BCUT2D eigenvalue weighted by molar-refractivity contribution is -0.132. The molecule has 4 fully saturated rings. The molecule has 0 bridgehead atoms. The summed E-state index contributed by atoms with van der Waals surface area (Å²) in [6.07, 6.45) is 6.29. The average molecular weight is 908 g/mol. The van der Waals surface area contributed by atoms with Gasteiger partial charge in [-0.1, -0.05) is 5.16 Å². The molecule has 4 saturated heterocycles. The van der Waals surface area contributed by atoms with Crippen LogP contribution < -0.4 is 34.0 Å². The standard InChI is InChI=1S/C45H49N9O10S/c1-61-34-9-7-32(39(63-3)40(34)65(46,59)60)51-18-13-45(26-51)12-17-49(25-45)22-27-11-16-50(23-27)29-5-6-30-31(21-29)43(57)53(42(30)56)33-8-10-37(55)54(44(33)58)41-38-35(62-2)19-28(20-36(38)64-48-41)24-52-15-4-14-47-52/h4-7,9,14-15,19-21,27,33H,8,10-13,16-18,22-26H2,1-3H3,(H2,46,59,60)/t27-,33-,45?/m0/s1. The molecule has 65 heavy (non-hydrogen) atoms. The first-order valence-corrected chi connectivity index (χ1v) is 23.2. The average Bonchev–Trinajstić information content (AvgIpc) is 4.18. The molecule has 1 spiro atoms. The van der Waals surface area contributed by atoms with Gasteiger partial charge in [-0.3, -0.25) is 28.8 Å². The number of ether oxygens (including phenoxy) is 3. The van der Waals surface area contributed by atoms with Crippen molar-refractivity contribution in [1.29, 1.82) is 0 Å². The smallest absolute Gasteiger partial charge is 0.262 e. The number of fused-ring (bicyclic) bond motifs is 2. The van der Waals surface area contributed by atoms with Crippen molar-refractivity contribution in [2.24, 2.45) is 16.5 Å². The number of primary sulfonamides is 1. The van der Waals surface area contributed by atoms with Crippen LogP contribution in [0.25, 0.3) is 11.0 Å². The first-order chi connectivity index (χ1) is 31.3. The molecule has 2 N–H and O–H groups in total. The molecule has 1 unspecified atom stereocenters. The fourth-order valence-corrected chi connectivity index (χ4v) is 11.5. The third kappa shape index (κ3) is 7.32. The Morgan fingerprint density at radius 2 is 1.68 bits per heavy atom. The van der Waals surface area contributed by atoms with Crippen LogP contribution in [0.3, 0.4) is 0 Å². The van der Waals surface area contributed by atoms with E-state index in [1.54, 1.807) is 41.2 Å². The Morgan fingerprint density at radius 1 is 0.877 bits per heavy atom. The van der Waals surface area contributed by atoms with Crippen molar-refractivity contribution >= 4 is 61.8 Å². The van der Waals surface area contributed by atoms with Gasteiger partial charge in [0.25, 0.3) is 17.7 Å². The Balaban J connectivity index is 0.797. The third-order valence-corrected chi connectivity index (χ3v) is 14.7. The number of carbonyl (C=O) groups is 4. The molecule has 3 aromatic carbocycles. The van der Waals surface area contributed by atoms with E-state index >= 15 is 0 Å². The molecular formula is C45H49N9O10S. The van der Waals surface area contributed by atoms with E-state index in [0.717, 1.165) is 86.1 Å². The molecule has 340 valence electrons. The van der Waals surface area contributed by atoms with E-state index in [-0.39, 0.29) is 51.6 Å². The largest absolute Gasteiger partial charge is 0.496 e. The Morgan fingerprint density at radius 3 is 2.43 bits per heavy atom. The highest BCUT2D eigenvalue weighted by atomic mass is 32.2. The van der Waals surface area contributed by atoms with Crippen LogP contribution in [0.2, 0.25) is 0 Å². The Hall–Kier alpha value is -6.51. The number of nitrogens with two attached hydrogens (primary N) is 1. The Bertz CT molecular complexity index is 2870. The minimum atomic E-state index is -4.11. The minimum absolute atomic E-state index is 0.0216. The van der Waals surface area contributed by atoms with E-state index in [2.05, 4.69) is 25.0 Å². The lowest BCUT2D eigenvalue weighted by Gasteiger charge is -2.33. The number of nitrogens with zero attached hydrogens (tertiary/aromatic N) is 8. The molecule has 20 heteroatoms. The Labute approximate surface area is 374 Å². The van der Waals surface area contributed by atoms with Crippen molar-refractivity contribution in [2.45, 2.75) is 49.6 Å². The van der Waals surface area contributed by atoms with Gasteiger partial charge in [0, 0.05) is 69.2 Å². The summed E-state index contributed by atoms with van der Waals surface area (Å²) in [4.78, 5) is 64.5. The van der Waals surface area contributed by atoms with Crippen molar-refractivity contribution in [2.75, 3.05) is 81.8 Å². The zero-order valence-corrected chi connectivity index (χ0v) is 37.1. The third-order valence-electron chi connectivity index (χ3n) is 13.7. The fourth-order valence-electron chi connectivity index (χ4n) is 10.7. The number of piperidine rings is 1. The zero-order valence-electron chi connectivity index (χ0n) is 36.3. The van der Waals surface area contributed by atoms with Gasteiger partial charge in [0.1, 0.15) is 22.9 Å². The maximum atomic E-state index is 14.3. The zero-order chi connectivity index (χ0) is 45.4. The highest BCUT2D eigenvalue weighted by Gasteiger charge is 2.49. The number of benzene rings is 3. The topological polar surface area (TPSA) is 216 Å². The molecule has 7 heterocycles. The van der Waals surface area contributed by atoms with Crippen LogP contribution >= 0.6 is 0 Å². The van der Waals surface area contributed by atoms with E-state index in [0.29, 0.717) is 34.9 Å². The lowest BCUT2D eigenvalue weighted by atomic mass is 9.86. The number of rotatable bonds is 12. The van der Waals surface area contributed by atoms with Crippen LogP contribution in [0.15, 0.2) is 70.3 Å². The molecule has 19 nitrogen and oxygen atoms in total. The number of imide groups is 2. The van der Waals surface area contributed by atoms with Crippen LogP contribution in [-0.4, -0.2) is 130 Å². The van der Waals surface area contributed by atoms with E-state index in [1.807, 2.05) is 24.4 Å². The van der Waals surface area contributed by atoms with Gasteiger partial charge in [-0.25, -0.2) is 18.5 Å². The Kier molecular flexibility index (Phi) is 10.6. The van der Waals surface area contributed by atoms with Crippen LogP contribution in [0.1, 0.15) is 58.4 Å². The summed E-state index contributed by atoms with van der Waals surface area (Å²) >= 11 is 0. The van der Waals surface area contributed by atoms with Crippen molar-refractivity contribution in [1.82, 2.24) is 24.7 Å². The van der Waals surface area contributed by atoms with Crippen LogP contribution in [0, 0.1) is 11.3 Å². The molecule has 4 amide bonds. The first-order valence-electron chi connectivity index (χ1n) is 21.6. The second-order valence-electron chi connectivity index (χ2n) is 17.7. The number of sulfonamides is 1. The number of likely N-dealkylation sites (tertiary alicyclic amines) is 1. The number of hydrogen-bond donors (Lipinski definition) is 1. The molecule has 5 aromatic rings. The predicted octanol–water partition coefficient (Wildman–Crippen LogP) is 3.49. The van der Waals surface area contributed by atoms with Crippen molar-refractivity contribution in [3.63, 3.8) is 0 Å². The highest BCUT2D eigenvalue weighted by molar-refractivity contribution is 7.89. The van der Waals surface area contributed by atoms with Gasteiger partial charge < -0.3 is 33.4 Å². The molecule has 0 saturated carbocycles. The number of aromatic nitrogens is 3. The van der Waals surface area contributed by atoms with Crippen molar-refractivity contribution in [3.05, 3.63) is 77.6 Å². The summed E-state index contributed by atoms with van der Waals surface area (Å²) < 4.78 is 49.1.